The molecule has 0 aromatic heterocycles. The van der Waals surface area contributed by atoms with E-state index in [-0.39, 0.29) is 18.0 Å². The second-order valence-corrected chi connectivity index (χ2v) is 5.51. The summed E-state index contributed by atoms with van der Waals surface area (Å²) in [5.74, 6) is -0.281. The van der Waals surface area contributed by atoms with Crippen LogP contribution in [0.25, 0.3) is 0 Å². The zero-order chi connectivity index (χ0) is 17.0. The van der Waals surface area contributed by atoms with Crippen molar-refractivity contribution in [3.05, 3.63) is 63.7 Å². The van der Waals surface area contributed by atoms with Gasteiger partial charge in [-0.1, -0.05) is 18.2 Å². The minimum Gasteiger partial charge on any atom is -0.377 e. The Labute approximate surface area is 134 Å². The third-order valence-electron chi connectivity index (χ3n) is 3.50. The largest absolute Gasteiger partial charge is 0.377 e. The summed E-state index contributed by atoms with van der Waals surface area (Å²) < 4.78 is 0. The zero-order valence-electron chi connectivity index (χ0n) is 13.4. The predicted octanol–water partition coefficient (Wildman–Crippen LogP) is 3.15. The zero-order valence-corrected chi connectivity index (χ0v) is 13.4. The van der Waals surface area contributed by atoms with Gasteiger partial charge in [0, 0.05) is 37.1 Å². The van der Waals surface area contributed by atoms with Crippen LogP contribution in [0.2, 0.25) is 0 Å². The summed E-state index contributed by atoms with van der Waals surface area (Å²) in [6.07, 6.45) is -0.0361. The smallest absolute Gasteiger partial charge is 0.273 e. The topological polar surface area (TPSA) is 75.5 Å². The summed E-state index contributed by atoms with van der Waals surface area (Å²) >= 11 is 0. The molecule has 0 bridgehead atoms. The molecule has 0 fully saturated rings. The van der Waals surface area contributed by atoms with Gasteiger partial charge in [0.1, 0.15) is 0 Å². The molecule has 0 aliphatic carbocycles. The first-order valence-corrected chi connectivity index (χ1v) is 7.18. The number of carbonyl (C=O) groups is 1. The number of amides is 1. The Morgan fingerprint density at radius 1 is 1.22 bits per heavy atom. The highest BCUT2D eigenvalue weighted by Crippen LogP contribution is 2.23. The van der Waals surface area contributed by atoms with Gasteiger partial charge in [0.25, 0.3) is 5.69 Å². The fraction of sp³-hybridized carbons (Fsp3) is 0.235. The third-order valence-corrected chi connectivity index (χ3v) is 3.50. The Morgan fingerprint density at radius 2 is 1.91 bits per heavy atom. The molecule has 0 radical (unpaired) electrons. The molecule has 1 N–H and O–H groups in total. The number of nitro benzene ring substituents is 1. The van der Waals surface area contributed by atoms with E-state index < -0.39 is 4.92 Å². The molecule has 120 valence electrons. The van der Waals surface area contributed by atoms with Gasteiger partial charge >= 0.3 is 0 Å². The summed E-state index contributed by atoms with van der Waals surface area (Å²) in [4.78, 5) is 24.6. The highest BCUT2D eigenvalue weighted by atomic mass is 16.6. The SMILES string of the molecule is Cc1cc(NC(=O)Cc2ccccc2[N+](=O)[O-])ccc1N(C)C. The lowest BCUT2D eigenvalue weighted by atomic mass is 10.1. The van der Waals surface area contributed by atoms with Crippen molar-refractivity contribution in [2.45, 2.75) is 13.3 Å². The number of benzene rings is 2. The van der Waals surface area contributed by atoms with Crippen LogP contribution in [0, 0.1) is 17.0 Å². The van der Waals surface area contributed by atoms with Gasteiger partial charge in [0.2, 0.25) is 5.91 Å². The number of nitrogens with one attached hydrogen (secondary N) is 1. The predicted molar refractivity (Wildman–Crippen MR) is 90.9 cm³/mol. The van der Waals surface area contributed by atoms with Crippen molar-refractivity contribution >= 4 is 23.0 Å². The summed E-state index contributed by atoms with van der Waals surface area (Å²) in [6, 6.07) is 11.9. The van der Waals surface area contributed by atoms with Crippen LogP contribution in [0.1, 0.15) is 11.1 Å². The lowest BCUT2D eigenvalue weighted by Crippen LogP contribution is -2.16. The molecule has 0 aliphatic heterocycles. The van der Waals surface area contributed by atoms with E-state index in [1.807, 2.05) is 44.1 Å². The maximum atomic E-state index is 12.1. The minimum atomic E-state index is -0.474. The van der Waals surface area contributed by atoms with Gasteiger partial charge in [-0.15, -0.1) is 0 Å². The number of carbonyl (C=O) groups excluding carboxylic acids is 1. The van der Waals surface area contributed by atoms with E-state index in [1.165, 1.54) is 6.07 Å². The summed E-state index contributed by atoms with van der Waals surface area (Å²) in [5.41, 5.74) is 3.15. The van der Waals surface area contributed by atoms with Gasteiger partial charge in [-0.2, -0.15) is 0 Å². The first kappa shape index (κ1) is 16.5. The third kappa shape index (κ3) is 4.06. The second-order valence-electron chi connectivity index (χ2n) is 5.51. The van der Waals surface area contributed by atoms with Crippen molar-refractivity contribution in [2.24, 2.45) is 0 Å². The van der Waals surface area contributed by atoms with Gasteiger partial charge in [0.15, 0.2) is 0 Å². The molecule has 1 amide bonds. The maximum Gasteiger partial charge on any atom is 0.273 e. The molecule has 0 saturated heterocycles. The van der Waals surface area contributed by atoms with Crippen LogP contribution in [0.3, 0.4) is 0 Å². The van der Waals surface area contributed by atoms with Crippen LogP contribution in [-0.2, 0) is 11.2 Å². The molecular weight excluding hydrogens is 294 g/mol. The number of nitrogens with zero attached hydrogens (tertiary/aromatic N) is 2. The maximum absolute atomic E-state index is 12.1. The molecule has 2 aromatic carbocycles. The summed E-state index contributed by atoms with van der Waals surface area (Å²) in [5, 5.41) is 13.8. The lowest BCUT2D eigenvalue weighted by Gasteiger charge is -2.16. The van der Waals surface area contributed by atoms with E-state index in [9.17, 15) is 14.9 Å². The molecule has 0 unspecified atom stereocenters. The van der Waals surface area contributed by atoms with E-state index in [4.69, 9.17) is 0 Å². The van der Waals surface area contributed by atoms with E-state index in [1.54, 1.807) is 18.2 Å². The Kier molecular flexibility index (Phi) is 4.95. The van der Waals surface area contributed by atoms with E-state index in [0.29, 0.717) is 11.3 Å². The minimum absolute atomic E-state index is 0.0361. The van der Waals surface area contributed by atoms with Gasteiger partial charge in [-0.3, -0.25) is 14.9 Å². The number of hydrogen-bond acceptors (Lipinski definition) is 4. The fourth-order valence-corrected chi connectivity index (χ4v) is 2.45. The van der Waals surface area contributed by atoms with E-state index in [2.05, 4.69) is 5.32 Å². The molecular formula is C17H19N3O3. The van der Waals surface area contributed by atoms with E-state index in [0.717, 1.165) is 11.3 Å². The van der Waals surface area contributed by atoms with Crippen LogP contribution in [0.5, 0.6) is 0 Å². The van der Waals surface area contributed by atoms with Gasteiger partial charge < -0.3 is 10.2 Å². The second kappa shape index (κ2) is 6.91. The Bertz CT molecular complexity index is 742. The van der Waals surface area contributed by atoms with Crippen molar-refractivity contribution in [3.63, 3.8) is 0 Å². The molecule has 2 aromatic rings. The average molecular weight is 313 g/mol. The summed E-state index contributed by atoms with van der Waals surface area (Å²) in [6.45, 7) is 1.97. The van der Waals surface area contributed by atoms with Crippen LogP contribution in [0.4, 0.5) is 17.1 Å². The van der Waals surface area contributed by atoms with Crippen molar-refractivity contribution < 1.29 is 9.72 Å². The van der Waals surface area contributed by atoms with Crippen molar-refractivity contribution in [2.75, 3.05) is 24.3 Å². The van der Waals surface area contributed by atoms with Crippen LogP contribution in [0.15, 0.2) is 42.5 Å². The van der Waals surface area contributed by atoms with Crippen LogP contribution < -0.4 is 10.2 Å². The quantitative estimate of drug-likeness (QED) is 0.679. The molecule has 0 heterocycles. The van der Waals surface area contributed by atoms with Crippen LogP contribution >= 0.6 is 0 Å². The Balaban J connectivity index is 2.12. The Morgan fingerprint density at radius 3 is 2.52 bits per heavy atom. The monoisotopic (exact) mass is 313 g/mol. The number of aryl methyl sites for hydroxylation is 1. The first-order chi connectivity index (χ1) is 10.9. The van der Waals surface area contributed by atoms with Crippen molar-refractivity contribution in [3.8, 4) is 0 Å². The van der Waals surface area contributed by atoms with Crippen LogP contribution in [-0.4, -0.2) is 24.9 Å². The molecule has 2 rings (SSSR count). The molecule has 6 heteroatoms. The number of anilines is 2. The molecule has 23 heavy (non-hydrogen) atoms. The fourth-order valence-electron chi connectivity index (χ4n) is 2.45. The molecule has 0 spiro atoms. The summed E-state index contributed by atoms with van der Waals surface area (Å²) in [7, 11) is 3.91. The van der Waals surface area contributed by atoms with Gasteiger partial charge in [0.05, 0.1) is 11.3 Å². The van der Waals surface area contributed by atoms with E-state index >= 15 is 0 Å². The van der Waals surface area contributed by atoms with Crippen molar-refractivity contribution in [1.29, 1.82) is 0 Å². The first-order valence-electron chi connectivity index (χ1n) is 7.18. The van der Waals surface area contributed by atoms with Gasteiger partial charge in [-0.05, 0) is 30.7 Å². The standard InChI is InChI=1S/C17H19N3O3/c1-12-10-14(8-9-15(12)19(2)3)18-17(21)11-13-6-4-5-7-16(13)20(22)23/h4-10H,11H2,1-3H3,(H,18,21). The lowest BCUT2D eigenvalue weighted by molar-refractivity contribution is -0.385. The average Bonchev–Trinajstić information content (AvgIpc) is 2.47. The normalized spacial score (nSPS) is 10.2. The van der Waals surface area contributed by atoms with Crippen molar-refractivity contribution in [1.82, 2.24) is 0 Å². The number of hydrogen-bond donors (Lipinski definition) is 1. The highest BCUT2D eigenvalue weighted by Gasteiger charge is 2.15. The number of para-hydroxylation sites is 1. The molecule has 0 aliphatic rings. The molecule has 0 atom stereocenters. The van der Waals surface area contributed by atoms with Gasteiger partial charge in [-0.25, -0.2) is 0 Å². The molecule has 6 nitrogen and oxygen atoms in total. The highest BCUT2D eigenvalue weighted by molar-refractivity contribution is 5.93. The number of rotatable bonds is 5. The Hall–Kier alpha value is -2.89. The molecule has 0 saturated carbocycles. The number of nitro groups is 1.